The zero-order valence-electron chi connectivity index (χ0n) is 14.1. The van der Waals surface area contributed by atoms with E-state index in [9.17, 15) is 9.59 Å². The van der Waals surface area contributed by atoms with Gasteiger partial charge in [-0.3, -0.25) is 0 Å². The molecule has 6 nitrogen and oxygen atoms in total. The second-order valence-corrected chi connectivity index (χ2v) is 5.69. The molecule has 0 saturated carbocycles. The highest BCUT2D eigenvalue weighted by atomic mass is 35.5. The summed E-state index contributed by atoms with van der Waals surface area (Å²) in [6, 6.07) is 15.9. The van der Waals surface area contributed by atoms with Crippen LogP contribution in [-0.2, 0) is 9.47 Å². The molecular formula is C19H15ClN2O4. The predicted octanol–water partition coefficient (Wildman–Crippen LogP) is 3.77. The van der Waals surface area contributed by atoms with Gasteiger partial charge in [-0.2, -0.15) is 5.10 Å². The molecule has 0 atom stereocenters. The van der Waals surface area contributed by atoms with Crippen molar-refractivity contribution in [3.63, 3.8) is 0 Å². The molecule has 0 fully saturated rings. The maximum absolute atomic E-state index is 12.5. The van der Waals surface area contributed by atoms with Gasteiger partial charge in [0.1, 0.15) is 11.3 Å². The Kier molecular flexibility index (Phi) is 5.04. The Bertz CT molecular complexity index is 967. The third kappa shape index (κ3) is 3.07. The summed E-state index contributed by atoms with van der Waals surface area (Å²) in [5.41, 5.74) is 1.31. The van der Waals surface area contributed by atoms with Gasteiger partial charge in [0, 0.05) is 5.56 Å². The lowest BCUT2D eigenvalue weighted by atomic mass is 10.1. The first-order valence-corrected chi connectivity index (χ1v) is 8.06. The van der Waals surface area contributed by atoms with Gasteiger partial charge in [-0.15, -0.1) is 0 Å². The Labute approximate surface area is 154 Å². The standard InChI is InChI=1S/C19H15ClN2O4/c1-25-18(23)15-16(13-10-6-7-11-14(13)20)21-22(17(15)19(24)26-2)12-8-4-3-5-9-12/h3-11H,1-2H3. The van der Waals surface area contributed by atoms with E-state index < -0.39 is 11.9 Å². The van der Waals surface area contributed by atoms with Crippen molar-refractivity contribution in [1.82, 2.24) is 9.78 Å². The van der Waals surface area contributed by atoms with Gasteiger partial charge in [-0.05, 0) is 18.2 Å². The van der Waals surface area contributed by atoms with Crippen molar-refractivity contribution in [3.05, 3.63) is 70.9 Å². The van der Waals surface area contributed by atoms with Crippen LogP contribution in [0.5, 0.6) is 0 Å². The largest absolute Gasteiger partial charge is 0.465 e. The van der Waals surface area contributed by atoms with E-state index in [2.05, 4.69) is 5.10 Å². The fraction of sp³-hybridized carbons (Fsp3) is 0.105. The molecule has 2 aromatic carbocycles. The van der Waals surface area contributed by atoms with Crippen molar-refractivity contribution in [3.8, 4) is 16.9 Å². The average molecular weight is 371 g/mol. The van der Waals surface area contributed by atoms with Crippen molar-refractivity contribution < 1.29 is 19.1 Å². The molecule has 0 aliphatic rings. The van der Waals surface area contributed by atoms with Crippen molar-refractivity contribution in [2.45, 2.75) is 0 Å². The highest BCUT2D eigenvalue weighted by Gasteiger charge is 2.31. The predicted molar refractivity (Wildman–Crippen MR) is 96.7 cm³/mol. The Morgan fingerprint density at radius 1 is 0.923 bits per heavy atom. The van der Waals surface area contributed by atoms with Crippen LogP contribution in [0.1, 0.15) is 20.8 Å². The minimum Gasteiger partial charge on any atom is -0.465 e. The van der Waals surface area contributed by atoms with Crippen molar-refractivity contribution in [2.24, 2.45) is 0 Å². The molecule has 7 heteroatoms. The Morgan fingerprint density at radius 3 is 2.15 bits per heavy atom. The second-order valence-electron chi connectivity index (χ2n) is 5.28. The molecule has 3 aromatic rings. The van der Waals surface area contributed by atoms with Gasteiger partial charge in [0.2, 0.25) is 0 Å². The topological polar surface area (TPSA) is 70.4 Å². The van der Waals surface area contributed by atoms with Crippen LogP contribution in [0.25, 0.3) is 16.9 Å². The van der Waals surface area contributed by atoms with E-state index in [4.69, 9.17) is 21.1 Å². The summed E-state index contributed by atoms with van der Waals surface area (Å²) in [6.45, 7) is 0. The van der Waals surface area contributed by atoms with Gasteiger partial charge in [0.05, 0.1) is 24.9 Å². The van der Waals surface area contributed by atoms with Gasteiger partial charge < -0.3 is 9.47 Å². The number of halogens is 1. The van der Waals surface area contributed by atoms with Gasteiger partial charge in [0.15, 0.2) is 5.69 Å². The number of nitrogens with zero attached hydrogens (tertiary/aromatic N) is 2. The van der Waals surface area contributed by atoms with Gasteiger partial charge >= 0.3 is 11.9 Å². The Morgan fingerprint density at radius 2 is 1.54 bits per heavy atom. The molecule has 3 rings (SSSR count). The molecule has 132 valence electrons. The van der Waals surface area contributed by atoms with Gasteiger partial charge in [0.25, 0.3) is 0 Å². The minimum atomic E-state index is -0.708. The van der Waals surface area contributed by atoms with Crippen molar-refractivity contribution in [2.75, 3.05) is 14.2 Å². The van der Waals surface area contributed by atoms with E-state index in [0.29, 0.717) is 16.3 Å². The first-order chi connectivity index (χ1) is 12.6. The summed E-state index contributed by atoms with van der Waals surface area (Å²) in [5.74, 6) is -1.41. The number of hydrogen-bond donors (Lipinski definition) is 0. The lowest BCUT2D eigenvalue weighted by Gasteiger charge is -2.07. The monoisotopic (exact) mass is 370 g/mol. The number of methoxy groups -OCH3 is 2. The smallest absolute Gasteiger partial charge is 0.357 e. The van der Waals surface area contributed by atoms with Crippen LogP contribution in [-0.4, -0.2) is 35.9 Å². The highest BCUT2D eigenvalue weighted by molar-refractivity contribution is 6.33. The molecule has 0 spiro atoms. The fourth-order valence-electron chi connectivity index (χ4n) is 2.60. The molecular weight excluding hydrogens is 356 g/mol. The summed E-state index contributed by atoms with van der Waals surface area (Å²) in [4.78, 5) is 24.9. The van der Waals surface area contributed by atoms with Crippen LogP contribution in [0.3, 0.4) is 0 Å². The van der Waals surface area contributed by atoms with Crippen LogP contribution in [0.2, 0.25) is 5.02 Å². The first kappa shape index (κ1) is 17.7. The zero-order valence-corrected chi connectivity index (χ0v) is 14.9. The van der Waals surface area contributed by atoms with E-state index in [1.165, 1.54) is 18.9 Å². The molecule has 1 heterocycles. The molecule has 0 radical (unpaired) electrons. The number of carbonyl (C=O) groups is 2. The van der Waals surface area contributed by atoms with Crippen molar-refractivity contribution in [1.29, 1.82) is 0 Å². The maximum Gasteiger partial charge on any atom is 0.357 e. The molecule has 0 unspecified atom stereocenters. The number of aromatic nitrogens is 2. The lowest BCUT2D eigenvalue weighted by Crippen LogP contribution is -2.15. The minimum absolute atomic E-state index is 0.00342. The third-order valence-corrected chi connectivity index (χ3v) is 4.11. The molecule has 0 bridgehead atoms. The Balaban J connectivity index is 2.38. The van der Waals surface area contributed by atoms with Gasteiger partial charge in [-0.25, -0.2) is 14.3 Å². The second kappa shape index (κ2) is 7.41. The van der Waals surface area contributed by atoms with Crippen LogP contribution >= 0.6 is 11.6 Å². The molecule has 0 N–H and O–H groups in total. The van der Waals surface area contributed by atoms with Crippen LogP contribution < -0.4 is 0 Å². The fourth-order valence-corrected chi connectivity index (χ4v) is 2.82. The summed E-state index contributed by atoms with van der Waals surface area (Å²) >= 11 is 6.28. The first-order valence-electron chi connectivity index (χ1n) is 7.68. The molecule has 1 aromatic heterocycles. The van der Waals surface area contributed by atoms with E-state index in [1.54, 1.807) is 48.5 Å². The highest BCUT2D eigenvalue weighted by Crippen LogP contribution is 2.33. The number of esters is 2. The van der Waals surface area contributed by atoms with Crippen molar-refractivity contribution >= 4 is 23.5 Å². The number of rotatable bonds is 4. The number of hydrogen-bond acceptors (Lipinski definition) is 5. The SMILES string of the molecule is COC(=O)c1c(-c2ccccc2Cl)nn(-c2ccccc2)c1C(=O)OC. The molecule has 0 amide bonds. The van der Waals surface area contributed by atoms with E-state index in [-0.39, 0.29) is 17.0 Å². The number of carbonyl (C=O) groups excluding carboxylic acids is 2. The zero-order chi connectivity index (χ0) is 18.7. The van der Waals surface area contributed by atoms with E-state index in [1.807, 2.05) is 6.07 Å². The molecule has 0 aliphatic heterocycles. The van der Waals surface area contributed by atoms with E-state index >= 15 is 0 Å². The Hall–Kier alpha value is -3.12. The summed E-state index contributed by atoms with van der Waals surface area (Å²) in [6.07, 6.45) is 0. The summed E-state index contributed by atoms with van der Waals surface area (Å²) < 4.78 is 11.1. The van der Waals surface area contributed by atoms with Crippen LogP contribution in [0.4, 0.5) is 0 Å². The summed E-state index contributed by atoms with van der Waals surface area (Å²) in [5, 5.41) is 4.88. The quantitative estimate of drug-likeness (QED) is 0.654. The van der Waals surface area contributed by atoms with E-state index in [0.717, 1.165) is 0 Å². The number of ether oxygens (including phenoxy) is 2. The molecule has 0 saturated heterocycles. The normalized spacial score (nSPS) is 10.4. The maximum atomic E-state index is 12.5. The van der Waals surface area contributed by atoms with Crippen LogP contribution in [0, 0.1) is 0 Å². The van der Waals surface area contributed by atoms with Crippen LogP contribution in [0.15, 0.2) is 54.6 Å². The van der Waals surface area contributed by atoms with Gasteiger partial charge in [-0.1, -0.05) is 48.0 Å². The molecule has 0 aliphatic carbocycles. The average Bonchev–Trinajstić information content (AvgIpc) is 3.08. The molecule has 26 heavy (non-hydrogen) atoms. The lowest BCUT2D eigenvalue weighted by molar-refractivity contribution is 0.0549. The number of para-hydroxylation sites is 1. The summed E-state index contributed by atoms with van der Waals surface area (Å²) in [7, 11) is 2.47. The third-order valence-electron chi connectivity index (χ3n) is 3.78. The number of benzene rings is 2.